The van der Waals surface area contributed by atoms with Crippen LogP contribution in [0.1, 0.15) is 23.8 Å². The molecule has 3 rings (SSSR count). The third-order valence-corrected chi connectivity index (χ3v) is 4.69. The van der Waals surface area contributed by atoms with Crippen LogP contribution in [0.25, 0.3) is 0 Å². The SMILES string of the molecule is O=C(COc1cccnc1[N+](=O)[O-])N1CCCC1c1cccs1. The van der Waals surface area contributed by atoms with E-state index in [0.717, 1.165) is 17.7 Å². The molecule has 0 saturated carbocycles. The molecular formula is C15H15N3O4S. The van der Waals surface area contributed by atoms with Crippen LogP contribution < -0.4 is 4.74 Å². The Labute approximate surface area is 136 Å². The van der Waals surface area contributed by atoms with E-state index in [1.165, 1.54) is 18.3 Å². The van der Waals surface area contributed by atoms with E-state index in [9.17, 15) is 14.9 Å². The average Bonchev–Trinajstić information content (AvgIpc) is 3.23. The molecule has 23 heavy (non-hydrogen) atoms. The van der Waals surface area contributed by atoms with Gasteiger partial charge in [0.05, 0.1) is 6.04 Å². The Morgan fingerprint density at radius 1 is 1.48 bits per heavy atom. The predicted octanol–water partition coefficient (Wildman–Crippen LogP) is 2.79. The quantitative estimate of drug-likeness (QED) is 0.620. The van der Waals surface area contributed by atoms with Gasteiger partial charge in [-0.3, -0.25) is 4.79 Å². The third-order valence-electron chi connectivity index (χ3n) is 3.72. The lowest BCUT2D eigenvalue weighted by molar-refractivity contribution is -0.390. The second kappa shape index (κ2) is 6.74. The molecule has 2 aromatic rings. The molecule has 3 heterocycles. The number of carbonyl (C=O) groups excluding carboxylic acids is 1. The number of nitrogens with zero attached hydrogens (tertiary/aromatic N) is 3. The van der Waals surface area contributed by atoms with Crippen molar-refractivity contribution < 1.29 is 14.5 Å². The zero-order valence-electron chi connectivity index (χ0n) is 12.3. The first kappa shape index (κ1) is 15.4. The van der Waals surface area contributed by atoms with Crippen LogP contribution in [0.4, 0.5) is 5.82 Å². The highest BCUT2D eigenvalue weighted by atomic mass is 32.1. The summed E-state index contributed by atoms with van der Waals surface area (Å²) in [7, 11) is 0. The number of likely N-dealkylation sites (tertiary alicyclic amines) is 1. The average molecular weight is 333 g/mol. The molecule has 1 fully saturated rings. The summed E-state index contributed by atoms with van der Waals surface area (Å²) in [6, 6.07) is 7.05. The minimum Gasteiger partial charge on any atom is -0.476 e. The van der Waals surface area contributed by atoms with Gasteiger partial charge in [-0.25, -0.2) is 0 Å². The molecule has 1 atom stereocenters. The fourth-order valence-corrected chi connectivity index (χ4v) is 3.57. The Morgan fingerprint density at radius 3 is 3.09 bits per heavy atom. The van der Waals surface area contributed by atoms with Gasteiger partial charge in [-0.15, -0.1) is 11.3 Å². The van der Waals surface area contributed by atoms with E-state index in [2.05, 4.69) is 4.98 Å². The van der Waals surface area contributed by atoms with Crippen LogP contribution in [0.2, 0.25) is 0 Å². The molecular weight excluding hydrogens is 318 g/mol. The second-order valence-electron chi connectivity index (χ2n) is 5.13. The van der Waals surface area contributed by atoms with Gasteiger partial charge in [0.15, 0.2) is 6.61 Å². The Kier molecular flexibility index (Phi) is 4.52. The van der Waals surface area contributed by atoms with E-state index in [1.54, 1.807) is 16.2 Å². The second-order valence-corrected chi connectivity index (χ2v) is 6.11. The molecule has 1 unspecified atom stereocenters. The van der Waals surface area contributed by atoms with Gasteiger partial charge in [-0.1, -0.05) is 6.07 Å². The van der Waals surface area contributed by atoms with Crippen molar-refractivity contribution in [2.45, 2.75) is 18.9 Å². The van der Waals surface area contributed by atoms with Crippen LogP contribution in [0.15, 0.2) is 35.8 Å². The summed E-state index contributed by atoms with van der Waals surface area (Å²) in [4.78, 5) is 29.3. The number of nitro groups is 1. The zero-order chi connectivity index (χ0) is 16.2. The number of amides is 1. The molecule has 0 aromatic carbocycles. The van der Waals surface area contributed by atoms with Crippen molar-refractivity contribution in [3.8, 4) is 5.75 Å². The topological polar surface area (TPSA) is 85.6 Å². The van der Waals surface area contributed by atoms with E-state index in [4.69, 9.17) is 4.74 Å². The van der Waals surface area contributed by atoms with Crippen molar-refractivity contribution in [2.75, 3.05) is 13.2 Å². The summed E-state index contributed by atoms with van der Waals surface area (Å²) >= 11 is 1.63. The van der Waals surface area contributed by atoms with Crippen molar-refractivity contribution in [3.05, 3.63) is 50.8 Å². The van der Waals surface area contributed by atoms with E-state index in [-0.39, 0.29) is 30.1 Å². The van der Waals surface area contributed by atoms with E-state index >= 15 is 0 Å². The maximum absolute atomic E-state index is 12.4. The van der Waals surface area contributed by atoms with Crippen molar-refractivity contribution >= 4 is 23.1 Å². The lowest BCUT2D eigenvalue weighted by Crippen LogP contribution is -2.34. The van der Waals surface area contributed by atoms with Crippen LogP contribution in [0, 0.1) is 10.1 Å². The summed E-state index contributed by atoms with van der Waals surface area (Å²) in [5.41, 5.74) is 0. The highest BCUT2D eigenvalue weighted by molar-refractivity contribution is 7.10. The standard InChI is InChI=1S/C15H15N3O4S/c19-14(10-22-12-5-1-7-16-15(12)18(20)21)17-8-2-4-11(17)13-6-3-9-23-13/h1,3,5-7,9,11H,2,4,8,10H2. The van der Waals surface area contributed by atoms with Gasteiger partial charge >= 0.3 is 5.82 Å². The first-order chi connectivity index (χ1) is 11.2. The molecule has 1 saturated heterocycles. The van der Waals surface area contributed by atoms with Crippen molar-refractivity contribution in [1.29, 1.82) is 0 Å². The molecule has 1 aliphatic rings. The van der Waals surface area contributed by atoms with Crippen LogP contribution in [0.3, 0.4) is 0 Å². The predicted molar refractivity (Wildman–Crippen MR) is 84.4 cm³/mol. The number of carbonyl (C=O) groups is 1. The monoisotopic (exact) mass is 333 g/mol. The fraction of sp³-hybridized carbons (Fsp3) is 0.333. The normalized spacial score (nSPS) is 17.2. The first-order valence-electron chi connectivity index (χ1n) is 7.22. The lowest BCUT2D eigenvalue weighted by atomic mass is 10.2. The van der Waals surface area contributed by atoms with Gasteiger partial charge in [0.2, 0.25) is 5.75 Å². The van der Waals surface area contributed by atoms with Crippen LogP contribution in [-0.2, 0) is 4.79 Å². The van der Waals surface area contributed by atoms with E-state index < -0.39 is 4.92 Å². The number of pyridine rings is 1. The fourth-order valence-electron chi connectivity index (χ4n) is 2.70. The zero-order valence-corrected chi connectivity index (χ0v) is 13.1. The van der Waals surface area contributed by atoms with Crippen LogP contribution >= 0.6 is 11.3 Å². The number of hydrogen-bond acceptors (Lipinski definition) is 6. The third kappa shape index (κ3) is 3.31. The molecule has 7 nitrogen and oxygen atoms in total. The molecule has 0 aliphatic carbocycles. The van der Waals surface area contributed by atoms with Crippen LogP contribution in [0.5, 0.6) is 5.75 Å². The molecule has 8 heteroatoms. The summed E-state index contributed by atoms with van der Waals surface area (Å²) < 4.78 is 5.35. The Bertz CT molecular complexity index is 705. The van der Waals surface area contributed by atoms with Crippen LogP contribution in [-0.4, -0.2) is 33.9 Å². The van der Waals surface area contributed by atoms with Gasteiger partial charge in [0, 0.05) is 11.4 Å². The number of hydrogen-bond donors (Lipinski definition) is 0. The molecule has 0 bridgehead atoms. The van der Waals surface area contributed by atoms with Gasteiger partial charge in [0.1, 0.15) is 6.20 Å². The van der Waals surface area contributed by atoms with Gasteiger partial charge < -0.3 is 19.8 Å². The first-order valence-corrected chi connectivity index (χ1v) is 8.10. The maximum Gasteiger partial charge on any atom is 0.406 e. The Morgan fingerprint density at radius 2 is 2.35 bits per heavy atom. The Hall–Kier alpha value is -2.48. The lowest BCUT2D eigenvalue weighted by Gasteiger charge is -2.23. The summed E-state index contributed by atoms with van der Waals surface area (Å²) in [5.74, 6) is -0.534. The summed E-state index contributed by atoms with van der Waals surface area (Å²) in [6.07, 6.45) is 3.20. The summed E-state index contributed by atoms with van der Waals surface area (Å²) in [6.45, 7) is 0.453. The van der Waals surface area contributed by atoms with Crippen molar-refractivity contribution in [2.24, 2.45) is 0 Å². The smallest absolute Gasteiger partial charge is 0.406 e. The van der Waals surface area contributed by atoms with Gasteiger partial charge in [-0.05, 0) is 46.3 Å². The highest BCUT2D eigenvalue weighted by Gasteiger charge is 2.31. The molecule has 1 aliphatic heterocycles. The Balaban J connectivity index is 1.67. The maximum atomic E-state index is 12.4. The molecule has 0 spiro atoms. The number of rotatable bonds is 5. The molecule has 120 valence electrons. The number of ether oxygens (including phenoxy) is 1. The molecule has 0 N–H and O–H groups in total. The van der Waals surface area contributed by atoms with Crippen molar-refractivity contribution in [1.82, 2.24) is 9.88 Å². The minimum absolute atomic E-state index is 0.0118. The highest BCUT2D eigenvalue weighted by Crippen LogP contribution is 2.34. The molecule has 2 aromatic heterocycles. The van der Waals surface area contributed by atoms with E-state index in [0.29, 0.717) is 6.54 Å². The van der Waals surface area contributed by atoms with E-state index in [1.807, 2.05) is 17.5 Å². The molecule has 0 radical (unpaired) electrons. The van der Waals surface area contributed by atoms with Gasteiger partial charge in [0.25, 0.3) is 5.91 Å². The minimum atomic E-state index is -0.621. The number of aromatic nitrogens is 1. The largest absolute Gasteiger partial charge is 0.476 e. The molecule has 1 amide bonds. The number of thiophene rings is 1. The summed E-state index contributed by atoms with van der Waals surface area (Å²) in [5, 5.41) is 12.9. The van der Waals surface area contributed by atoms with Crippen molar-refractivity contribution in [3.63, 3.8) is 0 Å². The van der Waals surface area contributed by atoms with Gasteiger partial charge in [-0.2, -0.15) is 0 Å².